The highest BCUT2D eigenvalue weighted by atomic mass is 32.2. The number of nitrogens with one attached hydrogen (secondary N) is 1. The highest BCUT2D eigenvalue weighted by molar-refractivity contribution is 7.98. The van der Waals surface area contributed by atoms with Crippen molar-refractivity contribution in [3.63, 3.8) is 0 Å². The van der Waals surface area contributed by atoms with E-state index >= 15 is 0 Å². The monoisotopic (exact) mass is 410 g/mol. The maximum absolute atomic E-state index is 5.47. The van der Waals surface area contributed by atoms with Crippen LogP contribution in [0.4, 0.5) is 5.82 Å². The molecular formula is C21H22N4OS2. The van der Waals surface area contributed by atoms with Gasteiger partial charge in [-0.15, -0.1) is 11.3 Å². The van der Waals surface area contributed by atoms with Crippen LogP contribution in [0.5, 0.6) is 0 Å². The standard InChI is InChI=1S/C21H22N4OS2/c1-11(2)16-14-8-4-7-13(14)15-17-18(28-20(15)23-16)19(25-21(24-17)27-3)22-10-12-6-5-9-26-12/h5-6,9,11H,4,7-8,10H2,1-3H3,(H,22,24,25). The molecule has 0 amide bonds. The lowest BCUT2D eigenvalue weighted by molar-refractivity contribution is 0.518. The molecule has 0 unspecified atom stereocenters. The number of thiophene rings is 1. The fourth-order valence-corrected chi connectivity index (χ4v) is 5.53. The molecule has 4 aromatic heterocycles. The van der Waals surface area contributed by atoms with Crippen molar-refractivity contribution in [2.75, 3.05) is 11.6 Å². The molecule has 4 aromatic rings. The maximum Gasteiger partial charge on any atom is 0.189 e. The molecule has 0 saturated heterocycles. The van der Waals surface area contributed by atoms with Crippen LogP contribution in [-0.4, -0.2) is 21.2 Å². The van der Waals surface area contributed by atoms with Crippen molar-refractivity contribution in [3.8, 4) is 0 Å². The summed E-state index contributed by atoms with van der Waals surface area (Å²) in [5.74, 6) is 2.19. The van der Waals surface area contributed by atoms with Gasteiger partial charge in [0.2, 0.25) is 0 Å². The molecule has 5 nitrogen and oxygen atoms in total. The quantitative estimate of drug-likeness (QED) is 0.332. The lowest BCUT2D eigenvalue weighted by atomic mass is 9.99. The predicted octanol–water partition coefficient (Wildman–Crippen LogP) is 5.78. The molecule has 0 spiro atoms. The molecule has 1 N–H and O–H groups in total. The van der Waals surface area contributed by atoms with E-state index in [1.165, 1.54) is 28.6 Å². The molecule has 144 valence electrons. The summed E-state index contributed by atoms with van der Waals surface area (Å²) in [4.78, 5) is 15.8. The molecule has 0 fully saturated rings. The third-order valence-electron chi connectivity index (χ3n) is 5.28. The first-order valence-electron chi connectivity index (χ1n) is 9.62. The number of hydrogen-bond acceptors (Lipinski definition) is 7. The van der Waals surface area contributed by atoms with Crippen molar-refractivity contribution in [1.82, 2.24) is 15.0 Å². The summed E-state index contributed by atoms with van der Waals surface area (Å²) in [6.07, 6.45) is 7.17. The van der Waals surface area contributed by atoms with E-state index in [1.54, 1.807) is 29.4 Å². The number of nitrogens with zero attached hydrogens (tertiary/aromatic N) is 3. The molecule has 1 aliphatic carbocycles. The SMILES string of the molecule is CSc1nc(NCc2ccco2)c2sc3nc(C(C)C)c4c(c3c2n1)CCC4. The first kappa shape index (κ1) is 17.9. The number of aryl methyl sites for hydroxylation is 1. The van der Waals surface area contributed by atoms with Crippen molar-refractivity contribution >= 4 is 49.3 Å². The van der Waals surface area contributed by atoms with Crippen molar-refractivity contribution in [2.45, 2.75) is 50.7 Å². The van der Waals surface area contributed by atoms with Crippen molar-refractivity contribution in [3.05, 3.63) is 41.0 Å². The summed E-state index contributed by atoms with van der Waals surface area (Å²) in [6, 6.07) is 3.87. The minimum Gasteiger partial charge on any atom is -0.467 e. The summed E-state index contributed by atoms with van der Waals surface area (Å²) in [5, 5.41) is 5.49. The summed E-state index contributed by atoms with van der Waals surface area (Å²) < 4.78 is 6.55. The van der Waals surface area contributed by atoms with E-state index < -0.39 is 0 Å². The van der Waals surface area contributed by atoms with E-state index in [9.17, 15) is 0 Å². The van der Waals surface area contributed by atoms with E-state index in [0.29, 0.717) is 12.5 Å². The van der Waals surface area contributed by atoms with E-state index in [0.717, 1.165) is 44.6 Å². The lowest BCUT2D eigenvalue weighted by Crippen LogP contribution is -2.02. The highest BCUT2D eigenvalue weighted by Crippen LogP contribution is 2.43. The van der Waals surface area contributed by atoms with Crippen molar-refractivity contribution in [2.24, 2.45) is 0 Å². The number of aromatic nitrogens is 3. The molecule has 0 bridgehead atoms. The Morgan fingerprint density at radius 3 is 2.82 bits per heavy atom. The van der Waals surface area contributed by atoms with Crippen LogP contribution in [-0.2, 0) is 19.4 Å². The first-order chi connectivity index (χ1) is 13.7. The summed E-state index contributed by atoms with van der Waals surface area (Å²) in [5.41, 5.74) is 5.22. The van der Waals surface area contributed by atoms with Gasteiger partial charge in [0.05, 0.1) is 23.0 Å². The van der Waals surface area contributed by atoms with Gasteiger partial charge in [-0.05, 0) is 54.7 Å². The molecule has 4 heterocycles. The number of pyridine rings is 1. The fourth-order valence-electron chi connectivity index (χ4n) is 4.05. The Morgan fingerprint density at radius 1 is 1.21 bits per heavy atom. The number of furan rings is 1. The minimum atomic E-state index is 0.436. The van der Waals surface area contributed by atoms with Crippen LogP contribution in [0.3, 0.4) is 0 Å². The third-order valence-corrected chi connectivity index (χ3v) is 6.91. The Labute approximate surface area is 172 Å². The van der Waals surface area contributed by atoms with Crippen LogP contribution in [0, 0.1) is 0 Å². The molecule has 1 aliphatic rings. The smallest absolute Gasteiger partial charge is 0.189 e. The second-order valence-corrected chi connectivity index (χ2v) is 9.19. The van der Waals surface area contributed by atoms with Crippen LogP contribution in [0.15, 0.2) is 28.0 Å². The van der Waals surface area contributed by atoms with E-state index in [2.05, 4.69) is 19.2 Å². The number of anilines is 1. The Bertz CT molecular complexity index is 1160. The zero-order valence-corrected chi connectivity index (χ0v) is 17.8. The third kappa shape index (κ3) is 2.88. The Morgan fingerprint density at radius 2 is 2.07 bits per heavy atom. The number of hydrogen-bond donors (Lipinski definition) is 1. The molecule has 7 heteroatoms. The van der Waals surface area contributed by atoms with Gasteiger partial charge in [0, 0.05) is 11.1 Å². The molecule has 0 saturated carbocycles. The largest absolute Gasteiger partial charge is 0.467 e. The van der Waals surface area contributed by atoms with Crippen LogP contribution < -0.4 is 5.32 Å². The summed E-state index contributed by atoms with van der Waals surface area (Å²) in [6.45, 7) is 5.08. The van der Waals surface area contributed by atoms with Gasteiger partial charge in [-0.2, -0.15) is 0 Å². The van der Waals surface area contributed by atoms with Gasteiger partial charge in [0.1, 0.15) is 16.4 Å². The topological polar surface area (TPSA) is 63.8 Å². The van der Waals surface area contributed by atoms with E-state index in [4.69, 9.17) is 19.4 Å². The van der Waals surface area contributed by atoms with Crippen LogP contribution in [0.25, 0.3) is 20.4 Å². The molecule has 0 aliphatic heterocycles. The Balaban J connectivity index is 1.73. The van der Waals surface area contributed by atoms with E-state index in [-0.39, 0.29) is 0 Å². The fraction of sp³-hybridized carbons (Fsp3) is 0.381. The average molecular weight is 411 g/mol. The van der Waals surface area contributed by atoms with Crippen LogP contribution >= 0.6 is 23.1 Å². The molecular weight excluding hydrogens is 388 g/mol. The van der Waals surface area contributed by atoms with Gasteiger partial charge in [-0.1, -0.05) is 25.6 Å². The van der Waals surface area contributed by atoms with Gasteiger partial charge in [-0.25, -0.2) is 15.0 Å². The molecule has 0 atom stereocenters. The number of fused-ring (bicyclic) bond motifs is 5. The molecule has 0 aromatic carbocycles. The van der Waals surface area contributed by atoms with Crippen molar-refractivity contribution in [1.29, 1.82) is 0 Å². The van der Waals surface area contributed by atoms with Crippen LogP contribution in [0.1, 0.15) is 48.8 Å². The zero-order valence-electron chi connectivity index (χ0n) is 16.2. The zero-order chi connectivity index (χ0) is 19.3. The number of thioether (sulfide) groups is 1. The first-order valence-corrected chi connectivity index (χ1v) is 11.7. The lowest BCUT2D eigenvalue weighted by Gasteiger charge is -2.12. The van der Waals surface area contributed by atoms with Gasteiger partial charge >= 0.3 is 0 Å². The minimum absolute atomic E-state index is 0.436. The maximum atomic E-state index is 5.47. The van der Waals surface area contributed by atoms with Gasteiger partial charge in [0.25, 0.3) is 0 Å². The predicted molar refractivity (Wildman–Crippen MR) is 117 cm³/mol. The normalized spacial score (nSPS) is 13.7. The average Bonchev–Trinajstić information content (AvgIpc) is 3.43. The second kappa shape index (κ2) is 7.04. The summed E-state index contributed by atoms with van der Waals surface area (Å²) in [7, 11) is 0. The van der Waals surface area contributed by atoms with Crippen molar-refractivity contribution < 1.29 is 4.42 Å². The van der Waals surface area contributed by atoms with E-state index in [1.807, 2.05) is 18.4 Å². The molecule has 28 heavy (non-hydrogen) atoms. The molecule has 5 rings (SSSR count). The van der Waals surface area contributed by atoms with Crippen LogP contribution in [0.2, 0.25) is 0 Å². The highest BCUT2D eigenvalue weighted by Gasteiger charge is 2.25. The number of rotatable bonds is 5. The Hall–Kier alpha value is -2.12. The van der Waals surface area contributed by atoms with Gasteiger partial charge in [-0.3, -0.25) is 0 Å². The Kier molecular flexibility index (Phi) is 4.51. The summed E-state index contributed by atoms with van der Waals surface area (Å²) >= 11 is 3.28. The second-order valence-electron chi connectivity index (χ2n) is 7.41. The molecule has 0 radical (unpaired) electrons. The van der Waals surface area contributed by atoms with Gasteiger partial charge < -0.3 is 9.73 Å². The van der Waals surface area contributed by atoms with Gasteiger partial charge in [0.15, 0.2) is 5.16 Å².